The molecule has 2 atom stereocenters. The van der Waals surface area contributed by atoms with Crippen molar-refractivity contribution in [2.45, 2.75) is 38.0 Å². The number of morpholine rings is 1. The van der Waals surface area contributed by atoms with Crippen LogP contribution in [0, 0.1) is 11.8 Å². The Hall–Kier alpha value is -1.68. The summed E-state index contributed by atoms with van der Waals surface area (Å²) in [5.74, 6) is 1.06. The molecule has 1 N–H and O–H groups in total. The highest BCUT2D eigenvalue weighted by atomic mass is 32.2. The average molecular weight is 465 g/mol. The predicted octanol–water partition coefficient (Wildman–Crippen LogP) is 2.22. The maximum absolute atomic E-state index is 13.2. The quantitative estimate of drug-likeness (QED) is 0.695. The Kier molecular flexibility index (Phi) is 7.39. The van der Waals surface area contributed by atoms with Gasteiger partial charge in [0.15, 0.2) is 0 Å². The summed E-state index contributed by atoms with van der Waals surface area (Å²) < 4.78 is 33.1. The lowest BCUT2D eigenvalue weighted by Crippen LogP contribution is -2.43. The van der Waals surface area contributed by atoms with Gasteiger partial charge >= 0.3 is 0 Å². The molecule has 0 radical (unpaired) electrons. The zero-order valence-electron chi connectivity index (χ0n) is 19.3. The topological polar surface area (TPSA) is 82.2 Å². The number of ether oxygens (including phenoxy) is 1. The molecule has 8 nitrogen and oxygen atoms in total. The maximum atomic E-state index is 13.2. The van der Waals surface area contributed by atoms with Crippen molar-refractivity contribution < 1.29 is 17.9 Å². The first-order valence-corrected chi connectivity index (χ1v) is 13.3. The van der Waals surface area contributed by atoms with Crippen LogP contribution in [0.3, 0.4) is 0 Å². The number of hydrogen-bond donors (Lipinski definition) is 1. The summed E-state index contributed by atoms with van der Waals surface area (Å²) in [5.41, 5.74) is 1.49. The standard InChI is InChI=1S/C23H36N4O4S/c1-18-13-19(2)16-25(15-18)17-23(28)24-21-14-20(5-6-22(21)26-7-3-4-8-26)32(29,30)27-9-11-31-12-10-27/h5-6,14,18-19H,3-4,7-13,15-17H2,1-2H3,(H,24,28)/t18-,19-/m1/s1. The van der Waals surface area contributed by atoms with Crippen LogP contribution >= 0.6 is 0 Å². The monoisotopic (exact) mass is 464 g/mol. The third-order valence-corrected chi connectivity index (χ3v) is 8.50. The molecule has 0 aromatic heterocycles. The first-order chi connectivity index (χ1) is 15.3. The third-order valence-electron chi connectivity index (χ3n) is 6.61. The van der Waals surface area contributed by atoms with E-state index in [2.05, 4.69) is 29.0 Å². The molecule has 0 bridgehead atoms. The highest BCUT2D eigenvalue weighted by molar-refractivity contribution is 7.89. The number of carbonyl (C=O) groups is 1. The van der Waals surface area contributed by atoms with Gasteiger partial charge in [0.25, 0.3) is 0 Å². The fourth-order valence-electron chi connectivity index (χ4n) is 5.26. The zero-order valence-corrected chi connectivity index (χ0v) is 20.1. The Morgan fingerprint density at radius 1 is 1.06 bits per heavy atom. The van der Waals surface area contributed by atoms with E-state index in [1.54, 1.807) is 12.1 Å². The predicted molar refractivity (Wildman–Crippen MR) is 125 cm³/mol. The van der Waals surface area contributed by atoms with Crippen LogP contribution in [0.1, 0.15) is 33.1 Å². The summed E-state index contributed by atoms with van der Waals surface area (Å²) in [7, 11) is -3.63. The van der Waals surface area contributed by atoms with Gasteiger partial charge in [-0.15, -0.1) is 0 Å². The normalized spacial score (nSPS) is 25.8. The molecular formula is C23H36N4O4S. The van der Waals surface area contributed by atoms with Gasteiger partial charge in [0, 0.05) is 39.3 Å². The summed E-state index contributed by atoms with van der Waals surface area (Å²) in [6.45, 7) is 9.96. The van der Waals surface area contributed by atoms with E-state index in [9.17, 15) is 13.2 Å². The van der Waals surface area contributed by atoms with Crippen LogP contribution in [-0.4, -0.2) is 82.6 Å². The van der Waals surface area contributed by atoms with Crippen molar-refractivity contribution in [3.8, 4) is 0 Å². The molecule has 1 aromatic carbocycles. The van der Waals surface area contributed by atoms with Gasteiger partial charge in [-0.1, -0.05) is 13.8 Å². The van der Waals surface area contributed by atoms with E-state index in [1.807, 2.05) is 6.07 Å². The number of piperidine rings is 1. The van der Waals surface area contributed by atoms with Gasteiger partial charge in [0.05, 0.1) is 36.0 Å². The Labute approximate surface area is 191 Å². The van der Waals surface area contributed by atoms with Crippen molar-refractivity contribution in [1.29, 1.82) is 0 Å². The number of sulfonamides is 1. The van der Waals surface area contributed by atoms with Crippen molar-refractivity contribution in [3.63, 3.8) is 0 Å². The molecule has 32 heavy (non-hydrogen) atoms. The van der Waals surface area contributed by atoms with Crippen molar-refractivity contribution in [3.05, 3.63) is 18.2 Å². The number of rotatable bonds is 6. The van der Waals surface area contributed by atoms with Crippen LogP contribution in [0.15, 0.2) is 23.1 Å². The SMILES string of the molecule is C[C@@H]1C[C@@H](C)CN(CC(=O)Nc2cc(S(=O)(=O)N3CCOCC3)ccc2N2CCCC2)C1. The minimum Gasteiger partial charge on any atom is -0.379 e. The Balaban J connectivity index is 1.55. The summed E-state index contributed by atoms with van der Waals surface area (Å²) in [6.07, 6.45) is 3.40. The molecule has 3 saturated heterocycles. The molecule has 1 aromatic rings. The van der Waals surface area contributed by atoms with E-state index in [1.165, 1.54) is 10.7 Å². The van der Waals surface area contributed by atoms with E-state index in [-0.39, 0.29) is 10.8 Å². The molecule has 3 aliphatic rings. The van der Waals surface area contributed by atoms with Crippen LogP contribution in [0.2, 0.25) is 0 Å². The molecule has 0 spiro atoms. The van der Waals surface area contributed by atoms with E-state index < -0.39 is 10.0 Å². The minimum absolute atomic E-state index is 0.0901. The van der Waals surface area contributed by atoms with Gasteiger partial charge in [-0.3, -0.25) is 9.69 Å². The lowest BCUT2D eigenvalue weighted by atomic mass is 9.92. The minimum atomic E-state index is -3.63. The molecule has 9 heteroatoms. The number of carbonyl (C=O) groups excluding carboxylic acids is 1. The molecule has 1 amide bonds. The molecule has 3 aliphatic heterocycles. The van der Waals surface area contributed by atoms with Crippen molar-refractivity contribution in [2.24, 2.45) is 11.8 Å². The van der Waals surface area contributed by atoms with Crippen molar-refractivity contribution in [2.75, 3.05) is 69.2 Å². The lowest BCUT2D eigenvalue weighted by molar-refractivity contribution is -0.117. The first-order valence-electron chi connectivity index (χ1n) is 11.8. The van der Waals surface area contributed by atoms with Gasteiger partial charge in [0.2, 0.25) is 15.9 Å². The van der Waals surface area contributed by atoms with Crippen LogP contribution in [0.25, 0.3) is 0 Å². The fourth-order valence-corrected chi connectivity index (χ4v) is 6.69. The van der Waals surface area contributed by atoms with Crippen LogP contribution in [0.5, 0.6) is 0 Å². The zero-order chi connectivity index (χ0) is 22.7. The summed E-state index contributed by atoms with van der Waals surface area (Å²) in [6, 6.07) is 5.15. The number of benzene rings is 1. The molecule has 178 valence electrons. The molecule has 0 saturated carbocycles. The molecular weight excluding hydrogens is 428 g/mol. The van der Waals surface area contributed by atoms with Gasteiger partial charge < -0.3 is 15.0 Å². The largest absolute Gasteiger partial charge is 0.379 e. The van der Waals surface area contributed by atoms with Crippen molar-refractivity contribution in [1.82, 2.24) is 9.21 Å². The fraction of sp³-hybridized carbons (Fsp3) is 0.696. The second-order valence-corrected chi connectivity index (χ2v) is 11.5. The number of nitrogens with zero attached hydrogens (tertiary/aromatic N) is 3. The highest BCUT2D eigenvalue weighted by Gasteiger charge is 2.29. The van der Waals surface area contributed by atoms with Gasteiger partial charge in [-0.2, -0.15) is 4.31 Å². The van der Waals surface area contributed by atoms with Crippen LogP contribution in [0.4, 0.5) is 11.4 Å². The number of anilines is 2. The molecule has 4 rings (SSSR count). The Morgan fingerprint density at radius 3 is 2.38 bits per heavy atom. The first kappa shape index (κ1) is 23.5. The van der Waals surface area contributed by atoms with Crippen molar-refractivity contribution >= 4 is 27.3 Å². The molecule has 3 heterocycles. The van der Waals surface area contributed by atoms with Crippen LogP contribution < -0.4 is 10.2 Å². The van der Waals surface area contributed by atoms with E-state index in [4.69, 9.17) is 4.74 Å². The highest BCUT2D eigenvalue weighted by Crippen LogP contribution is 2.32. The van der Waals surface area contributed by atoms with E-state index in [0.29, 0.717) is 50.4 Å². The second kappa shape index (κ2) is 10.1. The number of hydrogen-bond acceptors (Lipinski definition) is 6. The van der Waals surface area contributed by atoms with E-state index >= 15 is 0 Å². The van der Waals surface area contributed by atoms with E-state index in [0.717, 1.165) is 44.7 Å². The summed E-state index contributed by atoms with van der Waals surface area (Å²) >= 11 is 0. The van der Waals surface area contributed by atoms with Gasteiger partial charge in [-0.25, -0.2) is 8.42 Å². The number of nitrogens with one attached hydrogen (secondary N) is 1. The van der Waals surface area contributed by atoms with Gasteiger partial charge in [-0.05, 0) is 49.3 Å². The molecule has 3 fully saturated rings. The molecule has 0 unspecified atom stereocenters. The number of likely N-dealkylation sites (tertiary alicyclic amines) is 1. The second-order valence-electron chi connectivity index (χ2n) is 9.58. The van der Waals surface area contributed by atoms with Crippen LogP contribution in [-0.2, 0) is 19.6 Å². The molecule has 0 aliphatic carbocycles. The lowest BCUT2D eigenvalue weighted by Gasteiger charge is -2.34. The summed E-state index contributed by atoms with van der Waals surface area (Å²) in [4.78, 5) is 17.6. The summed E-state index contributed by atoms with van der Waals surface area (Å²) in [5, 5.41) is 3.05. The average Bonchev–Trinajstić information content (AvgIpc) is 3.28. The maximum Gasteiger partial charge on any atom is 0.243 e. The smallest absolute Gasteiger partial charge is 0.243 e. The third kappa shape index (κ3) is 5.44. The Bertz CT molecular complexity index is 901. The number of amides is 1. The van der Waals surface area contributed by atoms with Gasteiger partial charge in [0.1, 0.15) is 0 Å². The Morgan fingerprint density at radius 2 is 1.72 bits per heavy atom.